The highest BCUT2D eigenvalue weighted by molar-refractivity contribution is 5.76. The number of phenolic OH excluding ortho intramolecular Hbond substituents is 1. The molecule has 0 saturated heterocycles. The minimum Gasteiger partial charge on any atom is -0.507 e. The Morgan fingerprint density at radius 1 is 0.909 bits per heavy atom. The second-order valence-electron chi connectivity index (χ2n) is 10.7. The Kier molecular flexibility index (Phi) is 14.9. The van der Waals surface area contributed by atoms with Crippen LogP contribution in [0.15, 0.2) is 24.8 Å². The highest BCUT2D eigenvalue weighted by Gasteiger charge is 2.20. The standard InChI is InChI=1S/C30H51NO2/c1-6-7-8-9-10-11-12-13-14-15-16-17-18-19-22-31-28(32)21-20-26-23-25(2)29(33)27(24-26)30(3,4)5/h6,23-24,33H,1,7-22H2,2-5H3,(H,31,32). The second-order valence-corrected chi connectivity index (χ2v) is 10.7. The molecule has 1 amide bonds. The van der Waals surface area contributed by atoms with Gasteiger partial charge in [0.2, 0.25) is 5.91 Å². The zero-order valence-electron chi connectivity index (χ0n) is 22.1. The van der Waals surface area contributed by atoms with E-state index in [4.69, 9.17) is 0 Å². The molecule has 3 nitrogen and oxygen atoms in total. The normalized spacial score (nSPS) is 11.5. The summed E-state index contributed by atoms with van der Waals surface area (Å²) in [5.41, 5.74) is 2.85. The number of carbonyl (C=O) groups excluding carboxylic acids is 1. The molecule has 0 aliphatic rings. The zero-order chi connectivity index (χ0) is 24.5. The van der Waals surface area contributed by atoms with Crippen molar-refractivity contribution >= 4 is 5.91 Å². The van der Waals surface area contributed by atoms with Gasteiger partial charge in [-0.3, -0.25) is 4.79 Å². The number of allylic oxidation sites excluding steroid dienone is 1. The van der Waals surface area contributed by atoms with Gasteiger partial charge >= 0.3 is 0 Å². The van der Waals surface area contributed by atoms with E-state index in [0.29, 0.717) is 18.6 Å². The van der Waals surface area contributed by atoms with Crippen LogP contribution in [0.4, 0.5) is 0 Å². The van der Waals surface area contributed by atoms with Gasteiger partial charge < -0.3 is 10.4 Å². The summed E-state index contributed by atoms with van der Waals surface area (Å²) in [6.07, 6.45) is 20.2. The van der Waals surface area contributed by atoms with Gasteiger partial charge in [-0.05, 0) is 54.7 Å². The van der Waals surface area contributed by atoms with Crippen LogP contribution in [0, 0.1) is 6.92 Å². The maximum Gasteiger partial charge on any atom is 0.220 e. The number of hydrogen-bond acceptors (Lipinski definition) is 2. The van der Waals surface area contributed by atoms with Crippen LogP contribution in [0.3, 0.4) is 0 Å². The number of amides is 1. The predicted octanol–water partition coefficient (Wildman–Crippen LogP) is 8.30. The third-order valence-corrected chi connectivity index (χ3v) is 6.47. The maximum absolute atomic E-state index is 12.2. The highest BCUT2D eigenvalue weighted by atomic mass is 16.3. The first-order valence-electron chi connectivity index (χ1n) is 13.5. The highest BCUT2D eigenvalue weighted by Crippen LogP contribution is 2.34. The summed E-state index contributed by atoms with van der Waals surface area (Å²) >= 11 is 0. The molecular formula is C30H51NO2. The number of nitrogens with one attached hydrogen (secondary N) is 1. The van der Waals surface area contributed by atoms with Crippen molar-refractivity contribution in [2.75, 3.05) is 6.54 Å². The van der Waals surface area contributed by atoms with Gasteiger partial charge in [0.1, 0.15) is 5.75 Å². The average molecular weight is 458 g/mol. The molecule has 0 aliphatic carbocycles. The lowest BCUT2D eigenvalue weighted by Gasteiger charge is -2.22. The SMILES string of the molecule is C=CCCCCCCCCCCCCCCNC(=O)CCc1cc(C)c(O)c(C(C)(C)C)c1. The molecular weight excluding hydrogens is 406 g/mol. The number of rotatable bonds is 18. The number of carbonyl (C=O) groups is 1. The Bertz CT molecular complexity index is 687. The summed E-state index contributed by atoms with van der Waals surface area (Å²) in [4.78, 5) is 12.2. The predicted molar refractivity (Wildman–Crippen MR) is 143 cm³/mol. The summed E-state index contributed by atoms with van der Waals surface area (Å²) in [5, 5.41) is 13.4. The van der Waals surface area contributed by atoms with Crippen LogP contribution < -0.4 is 5.32 Å². The van der Waals surface area contributed by atoms with Gasteiger partial charge in [-0.1, -0.05) is 103 Å². The third-order valence-electron chi connectivity index (χ3n) is 6.47. The van der Waals surface area contributed by atoms with Crippen LogP contribution in [0.5, 0.6) is 5.75 Å². The molecule has 2 N–H and O–H groups in total. The van der Waals surface area contributed by atoms with Crippen LogP contribution in [0.2, 0.25) is 0 Å². The van der Waals surface area contributed by atoms with Crippen molar-refractivity contribution in [3.05, 3.63) is 41.5 Å². The molecule has 1 aromatic carbocycles. The average Bonchev–Trinajstić information content (AvgIpc) is 2.76. The number of hydrogen-bond donors (Lipinski definition) is 2. The lowest BCUT2D eigenvalue weighted by molar-refractivity contribution is -0.121. The Balaban J connectivity index is 2.04. The lowest BCUT2D eigenvalue weighted by atomic mass is 9.83. The van der Waals surface area contributed by atoms with Crippen LogP contribution in [-0.2, 0) is 16.6 Å². The van der Waals surface area contributed by atoms with E-state index in [1.165, 1.54) is 77.0 Å². The van der Waals surface area contributed by atoms with Gasteiger partial charge in [-0.2, -0.15) is 0 Å². The van der Waals surface area contributed by atoms with Gasteiger partial charge in [-0.25, -0.2) is 0 Å². The van der Waals surface area contributed by atoms with Crippen LogP contribution >= 0.6 is 0 Å². The number of phenols is 1. The second kappa shape index (κ2) is 16.8. The minimum absolute atomic E-state index is 0.113. The van der Waals surface area contributed by atoms with E-state index < -0.39 is 0 Å². The molecule has 0 spiro atoms. The molecule has 0 aromatic heterocycles. The van der Waals surface area contributed by atoms with E-state index in [-0.39, 0.29) is 11.3 Å². The summed E-state index contributed by atoms with van der Waals surface area (Å²) in [5.74, 6) is 0.508. The smallest absolute Gasteiger partial charge is 0.220 e. The van der Waals surface area contributed by atoms with Crippen LogP contribution in [-0.4, -0.2) is 17.6 Å². The Morgan fingerprint density at radius 2 is 1.42 bits per heavy atom. The van der Waals surface area contributed by atoms with Crippen LogP contribution in [0.1, 0.15) is 127 Å². The third kappa shape index (κ3) is 13.5. The Morgan fingerprint density at radius 3 is 1.94 bits per heavy atom. The minimum atomic E-state index is -0.113. The fraction of sp³-hybridized carbons (Fsp3) is 0.700. The molecule has 0 bridgehead atoms. The first-order valence-corrected chi connectivity index (χ1v) is 13.5. The van der Waals surface area contributed by atoms with Crippen molar-refractivity contribution in [1.82, 2.24) is 5.32 Å². The van der Waals surface area contributed by atoms with E-state index in [1.807, 2.05) is 19.1 Å². The van der Waals surface area contributed by atoms with E-state index in [0.717, 1.165) is 29.7 Å². The first kappa shape index (κ1) is 29.3. The van der Waals surface area contributed by atoms with Gasteiger partial charge in [0.05, 0.1) is 0 Å². The molecule has 1 aromatic rings. The molecule has 3 heteroatoms. The van der Waals surface area contributed by atoms with E-state index in [1.54, 1.807) is 0 Å². The molecule has 1 rings (SSSR count). The molecule has 0 aliphatic heterocycles. The molecule has 0 unspecified atom stereocenters. The summed E-state index contributed by atoms with van der Waals surface area (Å²) in [6.45, 7) is 12.8. The first-order chi connectivity index (χ1) is 15.8. The molecule has 0 fully saturated rings. The number of unbranched alkanes of at least 4 members (excludes halogenated alkanes) is 12. The summed E-state index contributed by atoms with van der Waals surface area (Å²) in [6, 6.07) is 4.06. The monoisotopic (exact) mass is 457 g/mol. The van der Waals surface area contributed by atoms with E-state index in [2.05, 4.69) is 38.7 Å². The fourth-order valence-electron chi connectivity index (χ4n) is 4.33. The van der Waals surface area contributed by atoms with Crippen molar-refractivity contribution in [1.29, 1.82) is 0 Å². The van der Waals surface area contributed by atoms with Crippen molar-refractivity contribution in [3.63, 3.8) is 0 Å². The Labute approximate surface area is 204 Å². The van der Waals surface area contributed by atoms with Gasteiger partial charge in [0.15, 0.2) is 0 Å². The van der Waals surface area contributed by atoms with Crippen molar-refractivity contribution in [3.8, 4) is 5.75 Å². The molecule has 0 atom stereocenters. The molecule has 0 heterocycles. The van der Waals surface area contributed by atoms with Crippen molar-refractivity contribution in [2.24, 2.45) is 0 Å². The molecule has 33 heavy (non-hydrogen) atoms. The largest absolute Gasteiger partial charge is 0.507 e. The molecule has 0 radical (unpaired) electrons. The van der Waals surface area contributed by atoms with Gasteiger partial charge in [0.25, 0.3) is 0 Å². The maximum atomic E-state index is 12.2. The molecule has 188 valence electrons. The summed E-state index contributed by atoms with van der Waals surface area (Å²) < 4.78 is 0. The Hall–Kier alpha value is -1.77. The quantitative estimate of drug-likeness (QED) is 0.172. The van der Waals surface area contributed by atoms with E-state index >= 15 is 0 Å². The van der Waals surface area contributed by atoms with Crippen molar-refractivity contribution in [2.45, 2.75) is 129 Å². The number of aryl methyl sites for hydroxylation is 2. The zero-order valence-corrected chi connectivity index (χ0v) is 22.1. The number of aromatic hydroxyl groups is 1. The van der Waals surface area contributed by atoms with E-state index in [9.17, 15) is 9.90 Å². The summed E-state index contributed by atoms with van der Waals surface area (Å²) in [7, 11) is 0. The topological polar surface area (TPSA) is 49.3 Å². The van der Waals surface area contributed by atoms with Gasteiger partial charge in [-0.15, -0.1) is 6.58 Å². The van der Waals surface area contributed by atoms with Crippen molar-refractivity contribution < 1.29 is 9.90 Å². The van der Waals surface area contributed by atoms with Gasteiger partial charge in [0, 0.05) is 13.0 Å². The molecule has 0 saturated carbocycles. The van der Waals surface area contributed by atoms with Crippen LogP contribution in [0.25, 0.3) is 0 Å². The number of benzene rings is 1. The fourth-order valence-corrected chi connectivity index (χ4v) is 4.33. The lowest BCUT2D eigenvalue weighted by Crippen LogP contribution is -2.24.